The molecular formula is C26H28N2O7. The third kappa shape index (κ3) is 6.06. The maximum atomic E-state index is 12.4. The van der Waals surface area contributed by atoms with Crippen molar-refractivity contribution in [3.05, 3.63) is 71.3 Å². The zero-order valence-electron chi connectivity index (χ0n) is 19.8. The molecule has 0 aliphatic carbocycles. The Balaban J connectivity index is 1.50. The Morgan fingerprint density at radius 3 is 2.40 bits per heavy atom. The Bertz CT molecular complexity index is 1140. The number of carbonyl (C=O) groups is 4. The van der Waals surface area contributed by atoms with E-state index >= 15 is 0 Å². The summed E-state index contributed by atoms with van der Waals surface area (Å²) in [5, 5.41) is 2.70. The normalized spacial score (nSPS) is 12.2. The minimum Gasteiger partial charge on any atom is -0.490 e. The largest absolute Gasteiger partial charge is 0.490 e. The Morgan fingerprint density at radius 2 is 1.69 bits per heavy atom. The highest BCUT2D eigenvalue weighted by Crippen LogP contribution is 2.28. The van der Waals surface area contributed by atoms with Gasteiger partial charge in [0.25, 0.3) is 17.7 Å². The molecule has 1 aliphatic rings. The summed E-state index contributed by atoms with van der Waals surface area (Å²) in [6, 6.07) is 9.71. The van der Waals surface area contributed by atoms with Gasteiger partial charge < -0.3 is 19.5 Å². The van der Waals surface area contributed by atoms with Gasteiger partial charge in [-0.15, -0.1) is 6.58 Å². The van der Waals surface area contributed by atoms with Crippen LogP contribution in [0.25, 0.3) is 0 Å². The van der Waals surface area contributed by atoms with Crippen molar-refractivity contribution in [3.8, 4) is 11.5 Å². The summed E-state index contributed by atoms with van der Waals surface area (Å²) >= 11 is 0. The van der Waals surface area contributed by atoms with Gasteiger partial charge in [0.05, 0.1) is 29.9 Å². The SMILES string of the molecule is C=CCN1C(=O)c2ccc(C(=O)OCC(=O)NCCc3ccc(OCC)c(OCC)c3)cc2C1=O. The third-order valence-electron chi connectivity index (χ3n) is 5.20. The lowest BCUT2D eigenvalue weighted by atomic mass is 10.1. The first-order chi connectivity index (χ1) is 16.9. The maximum Gasteiger partial charge on any atom is 0.338 e. The molecule has 3 rings (SSSR count). The molecule has 0 aromatic heterocycles. The van der Waals surface area contributed by atoms with E-state index in [2.05, 4.69) is 11.9 Å². The second-order valence-electron chi connectivity index (χ2n) is 7.59. The van der Waals surface area contributed by atoms with E-state index in [9.17, 15) is 19.2 Å². The van der Waals surface area contributed by atoms with Crippen molar-refractivity contribution in [2.45, 2.75) is 20.3 Å². The molecule has 0 atom stereocenters. The van der Waals surface area contributed by atoms with Gasteiger partial charge in [-0.1, -0.05) is 12.1 Å². The molecule has 1 aliphatic heterocycles. The van der Waals surface area contributed by atoms with Crippen LogP contribution in [0, 0.1) is 0 Å². The van der Waals surface area contributed by atoms with Crippen molar-refractivity contribution < 1.29 is 33.4 Å². The monoisotopic (exact) mass is 480 g/mol. The second-order valence-corrected chi connectivity index (χ2v) is 7.59. The lowest BCUT2D eigenvalue weighted by molar-refractivity contribution is -0.124. The Morgan fingerprint density at radius 1 is 0.971 bits per heavy atom. The number of hydrogen-bond donors (Lipinski definition) is 1. The summed E-state index contributed by atoms with van der Waals surface area (Å²) in [6.45, 7) is 8.30. The molecule has 0 radical (unpaired) electrons. The zero-order valence-corrected chi connectivity index (χ0v) is 19.8. The topological polar surface area (TPSA) is 111 Å². The molecule has 0 saturated carbocycles. The average molecular weight is 481 g/mol. The number of fused-ring (bicyclic) bond motifs is 1. The summed E-state index contributed by atoms with van der Waals surface area (Å²) in [5.74, 6) is -0.851. The van der Waals surface area contributed by atoms with Gasteiger partial charge in [-0.25, -0.2) is 4.79 Å². The van der Waals surface area contributed by atoms with Crippen LogP contribution in [0.3, 0.4) is 0 Å². The van der Waals surface area contributed by atoms with E-state index < -0.39 is 30.3 Å². The second kappa shape index (κ2) is 11.8. The fraction of sp³-hybridized carbons (Fsp3) is 0.308. The molecule has 1 N–H and O–H groups in total. The predicted molar refractivity (Wildman–Crippen MR) is 128 cm³/mol. The minimum atomic E-state index is -0.766. The van der Waals surface area contributed by atoms with Crippen LogP contribution in [-0.2, 0) is 16.0 Å². The molecule has 3 amide bonds. The first kappa shape index (κ1) is 25.5. The van der Waals surface area contributed by atoms with Crippen LogP contribution in [0.15, 0.2) is 49.1 Å². The van der Waals surface area contributed by atoms with Crippen molar-refractivity contribution in [2.24, 2.45) is 0 Å². The quantitative estimate of drug-likeness (QED) is 0.282. The highest BCUT2D eigenvalue weighted by atomic mass is 16.5. The number of nitrogens with one attached hydrogen (secondary N) is 1. The van der Waals surface area contributed by atoms with Gasteiger partial charge in [0, 0.05) is 13.1 Å². The summed E-state index contributed by atoms with van der Waals surface area (Å²) < 4.78 is 16.2. The van der Waals surface area contributed by atoms with Gasteiger partial charge >= 0.3 is 5.97 Å². The van der Waals surface area contributed by atoms with Gasteiger partial charge in [-0.2, -0.15) is 0 Å². The van der Waals surface area contributed by atoms with Crippen molar-refractivity contribution >= 4 is 23.7 Å². The molecule has 35 heavy (non-hydrogen) atoms. The van der Waals surface area contributed by atoms with E-state index in [0.717, 1.165) is 10.5 Å². The predicted octanol–water partition coefficient (Wildman–Crippen LogP) is 2.78. The molecule has 9 nitrogen and oxygen atoms in total. The van der Waals surface area contributed by atoms with Gasteiger partial charge in [0.1, 0.15) is 0 Å². The first-order valence-corrected chi connectivity index (χ1v) is 11.3. The van der Waals surface area contributed by atoms with Crippen LogP contribution in [0.4, 0.5) is 0 Å². The number of esters is 1. The number of hydrogen-bond acceptors (Lipinski definition) is 7. The number of ether oxygens (including phenoxy) is 3. The number of rotatable bonds is 12. The van der Waals surface area contributed by atoms with Gasteiger partial charge in [-0.05, 0) is 56.2 Å². The molecule has 0 unspecified atom stereocenters. The molecule has 9 heteroatoms. The third-order valence-corrected chi connectivity index (χ3v) is 5.20. The van der Waals surface area contributed by atoms with Crippen LogP contribution < -0.4 is 14.8 Å². The number of carbonyl (C=O) groups excluding carboxylic acids is 4. The summed E-state index contributed by atoms with van der Waals surface area (Å²) in [6.07, 6.45) is 2.00. The van der Waals surface area contributed by atoms with Crippen molar-refractivity contribution in [1.29, 1.82) is 0 Å². The van der Waals surface area contributed by atoms with E-state index in [1.165, 1.54) is 24.3 Å². The fourth-order valence-corrected chi connectivity index (χ4v) is 3.58. The summed E-state index contributed by atoms with van der Waals surface area (Å²) in [5.41, 5.74) is 1.37. The van der Waals surface area contributed by atoms with E-state index in [1.807, 2.05) is 32.0 Å². The summed E-state index contributed by atoms with van der Waals surface area (Å²) in [4.78, 5) is 50.2. The van der Waals surface area contributed by atoms with Crippen molar-refractivity contribution in [2.75, 3.05) is 32.9 Å². The first-order valence-electron chi connectivity index (χ1n) is 11.3. The standard InChI is InChI=1S/C26H28N2O7/c1-4-13-28-24(30)19-9-8-18(15-20(19)25(28)31)26(32)35-16-23(29)27-12-11-17-7-10-21(33-5-2)22(14-17)34-6-3/h4,7-10,14-15H,1,5-6,11-13,16H2,2-3H3,(H,27,29). The van der Waals surface area contributed by atoms with E-state index in [-0.39, 0.29) is 23.2 Å². The van der Waals surface area contributed by atoms with Gasteiger partial charge in [0.15, 0.2) is 18.1 Å². The molecule has 0 saturated heterocycles. The van der Waals surface area contributed by atoms with Crippen LogP contribution in [0.1, 0.15) is 50.5 Å². The molecule has 0 bridgehead atoms. The number of imide groups is 1. The lowest BCUT2D eigenvalue weighted by Crippen LogP contribution is -2.30. The van der Waals surface area contributed by atoms with Gasteiger partial charge in [-0.3, -0.25) is 19.3 Å². The van der Waals surface area contributed by atoms with E-state index in [4.69, 9.17) is 14.2 Å². The van der Waals surface area contributed by atoms with E-state index in [1.54, 1.807) is 0 Å². The Kier molecular flexibility index (Phi) is 8.61. The van der Waals surface area contributed by atoms with Crippen LogP contribution in [0.5, 0.6) is 11.5 Å². The highest BCUT2D eigenvalue weighted by Gasteiger charge is 2.35. The molecule has 2 aromatic rings. The smallest absolute Gasteiger partial charge is 0.338 e. The molecule has 0 spiro atoms. The molecule has 184 valence electrons. The zero-order chi connectivity index (χ0) is 25.4. The maximum absolute atomic E-state index is 12.4. The van der Waals surface area contributed by atoms with E-state index in [0.29, 0.717) is 37.7 Å². The van der Waals surface area contributed by atoms with Crippen LogP contribution >= 0.6 is 0 Å². The summed E-state index contributed by atoms with van der Waals surface area (Å²) in [7, 11) is 0. The minimum absolute atomic E-state index is 0.0793. The van der Waals surface area contributed by atoms with Crippen molar-refractivity contribution in [3.63, 3.8) is 0 Å². The number of amides is 3. The lowest BCUT2D eigenvalue weighted by Gasteiger charge is -2.12. The average Bonchev–Trinajstić information content (AvgIpc) is 3.09. The number of nitrogens with zero attached hydrogens (tertiary/aromatic N) is 1. The molecule has 0 fully saturated rings. The van der Waals surface area contributed by atoms with Crippen LogP contribution in [0.2, 0.25) is 0 Å². The highest BCUT2D eigenvalue weighted by molar-refractivity contribution is 6.22. The Labute approximate surface area is 203 Å². The van der Waals surface area contributed by atoms with Crippen LogP contribution in [-0.4, -0.2) is 61.5 Å². The Hall–Kier alpha value is -4.14. The molecule has 1 heterocycles. The molecular weight excluding hydrogens is 452 g/mol. The molecule has 2 aromatic carbocycles. The van der Waals surface area contributed by atoms with Crippen molar-refractivity contribution in [1.82, 2.24) is 10.2 Å². The number of benzene rings is 2. The van der Waals surface area contributed by atoms with Gasteiger partial charge in [0.2, 0.25) is 0 Å². The fourth-order valence-electron chi connectivity index (χ4n) is 3.58.